The molecule has 21 heavy (non-hydrogen) atoms. The van der Waals surface area contributed by atoms with E-state index in [0.717, 1.165) is 0 Å². The summed E-state index contributed by atoms with van der Waals surface area (Å²) in [7, 11) is 0. The molecule has 2 amide bonds. The highest BCUT2D eigenvalue weighted by atomic mass is 16.2. The number of anilines is 2. The number of piperazine rings is 1. The number of hydrogen-bond acceptors (Lipinski definition) is 8. The fourth-order valence-corrected chi connectivity index (χ4v) is 2.40. The Morgan fingerprint density at radius 1 is 1.48 bits per heavy atom. The van der Waals surface area contributed by atoms with Crippen molar-refractivity contribution in [2.24, 2.45) is 5.84 Å². The second-order valence-electron chi connectivity index (χ2n) is 4.61. The van der Waals surface area contributed by atoms with Crippen LogP contribution in [-0.2, 0) is 9.59 Å². The van der Waals surface area contributed by atoms with Crippen molar-refractivity contribution < 1.29 is 9.59 Å². The fraction of sp³-hybridized carbons (Fsp3) is 0.364. The van der Waals surface area contributed by atoms with Crippen LogP contribution < -0.4 is 21.5 Å². The van der Waals surface area contributed by atoms with Crippen molar-refractivity contribution in [2.45, 2.75) is 19.4 Å². The van der Waals surface area contributed by atoms with Crippen LogP contribution in [0.1, 0.15) is 13.3 Å². The predicted octanol–water partition coefficient (Wildman–Crippen LogP) is -1.12. The molecule has 3 rings (SSSR count). The summed E-state index contributed by atoms with van der Waals surface area (Å²) in [6.07, 6.45) is 2.09. The molecule has 1 aliphatic heterocycles. The van der Waals surface area contributed by atoms with Gasteiger partial charge in [0.2, 0.25) is 17.8 Å². The quantitative estimate of drug-likeness (QED) is 0.316. The molecule has 1 aliphatic rings. The molecule has 1 unspecified atom stereocenters. The van der Waals surface area contributed by atoms with E-state index < -0.39 is 6.04 Å². The molecule has 0 aromatic carbocycles. The van der Waals surface area contributed by atoms with Crippen LogP contribution >= 0.6 is 0 Å². The van der Waals surface area contributed by atoms with Gasteiger partial charge in [0.1, 0.15) is 11.9 Å². The highest BCUT2D eigenvalue weighted by Gasteiger charge is 2.34. The van der Waals surface area contributed by atoms with Gasteiger partial charge in [-0.1, -0.05) is 6.92 Å². The van der Waals surface area contributed by atoms with Crippen molar-refractivity contribution in [1.82, 2.24) is 25.5 Å². The molecular formula is C11H14N8O2. The van der Waals surface area contributed by atoms with Crippen molar-refractivity contribution >= 4 is 34.6 Å². The summed E-state index contributed by atoms with van der Waals surface area (Å²) < 4.78 is 0. The summed E-state index contributed by atoms with van der Waals surface area (Å²) in [5.41, 5.74) is 2.83. The van der Waals surface area contributed by atoms with Crippen LogP contribution in [0.5, 0.6) is 0 Å². The minimum Gasteiger partial charge on any atom is -0.334 e. The molecule has 0 aliphatic carbocycles. The zero-order chi connectivity index (χ0) is 15.0. The van der Waals surface area contributed by atoms with Gasteiger partial charge in [0.05, 0.1) is 18.1 Å². The van der Waals surface area contributed by atoms with Crippen LogP contribution in [0, 0.1) is 0 Å². The highest BCUT2D eigenvalue weighted by Crippen LogP contribution is 2.27. The first-order valence-electron chi connectivity index (χ1n) is 6.42. The molecule has 1 saturated heterocycles. The molecule has 2 aromatic rings. The Hall–Kier alpha value is -2.75. The molecule has 1 fully saturated rings. The molecule has 0 saturated carbocycles. The lowest BCUT2D eigenvalue weighted by Crippen LogP contribution is -2.58. The standard InChI is InChI=1S/C11H14N8O2/c1-2-6-10(21)14-7(20)4-19(6)9-5-3-13-18-8(5)15-11(16-9)17-12/h3,6H,2,4,12H2,1H3,(H,14,20,21)(H2,13,15,16,17,18). The van der Waals surface area contributed by atoms with Crippen LogP contribution in [0.15, 0.2) is 6.20 Å². The second-order valence-corrected chi connectivity index (χ2v) is 4.61. The second kappa shape index (κ2) is 4.98. The van der Waals surface area contributed by atoms with E-state index >= 15 is 0 Å². The lowest BCUT2D eigenvalue weighted by atomic mass is 10.1. The van der Waals surface area contributed by atoms with E-state index in [1.54, 1.807) is 11.1 Å². The number of hydrogen-bond donors (Lipinski definition) is 4. The molecular weight excluding hydrogens is 276 g/mol. The maximum Gasteiger partial charge on any atom is 0.249 e. The number of rotatable bonds is 3. The summed E-state index contributed by atoms with van der Waals surface area (Å²) in [4.78, 5) is 33.7. The SMILES string of the molecule is CCC1C(=O)NC(=O)CN1c1nc(NN)nc2[nH]ncc12. The average Bonchev–Trinajstić information content (AvgIpc) is 2.93. The average molecular weight is 290 g/mol. The number of aromatic amines is 1. The summed E-state index contributed by atoms with van der Waals surface area (Å²) in [6.45, 7) is 1.90. The first-order chi connectivity index (χ1) is 10.1. The molecule has 1 atom stereocenters. The van der Waals surface area contributed by atoms with E-state index in [1.165, 1.54) is 0 Å². The molecule has 3 heterocycles. The van der Waals surface area contributed by atoms with Gasteiger partial charge in [-0.05, 0) is 6.42 Å². The van der Waals surface area contributed by atoms with Crippen LogP contribution in [0.4, 0.5) is 11.8 Å². The predicted molar refractivity (Wildman–Crippen MR) is 74.1 cm³/mol. The van der Waals surface area contributed by atoms with Gasteiger partial charge in [0, 0.05) is 0 Å². The number of carbonyl (C=O) groups excluding carboxylic acids is 2. The Bertz CT molecular complexity index is 711. The number of amides is 2. The third kappa shape index (κ3) is 2.14. The number of hydrazine groups is 1. The van der Waals surface area contributed by atoms with Gasteiger partial charge in [-0.15, -0.1) is 0 Å². The fourth-order valence-electron chi connectivity index (χ4n) is 2.40. The van der Waals surface area contributed by atoms with Gasteiger partial charge in [-0.25, -0.2) is 5.84 Å². The monoisotopic (exact) mass is 290 g/mol. The Labute approximate surface area is 119 Å². The Balaban J connectivity index is 2.14. The molecule has 2 aromatic heterocycles. The lowest BCUT2D eigenvalue weighted by Gasteiger charge is -2.34. The number of nitrogens with two attached hydrogens (primary N) is 1. The van der Waals surface area contributed by atoms with Crippen molar-refractivity contribution in [3.8, 4) is 0 Å². The topological polar surface area (TPSA) is 142 Å². The summed E-state index contributed by atoms with van der Waals surface area (Å²) in [6, 6.07) is -0.485. The highest BCUT2D eigenvalue weighted by molar-refractivity contribution is 6.06. The number of H-pyrrole nitrogens is 1. The van der Waals surface area contributed by atoms with E-state index in [4.69, 9.17) is 5.84 Å². The minimum absolute atomic E-state index is 0.0333. The maximum absolute atomic E-state index is 12.0. The number of carbonyl (C=O) groups is 2. The number of nitrogens with one attached hydrogen (secondary N) is 3. The molecule has 5 N–H and O–H groups in total. The van der Waals surface area contributed by atoms with Crippen LogP contribution in [0.2, 0.25) is 0 Å². The van der Waals surface area contributed by atoms with Gasteiger partial charge in [0.25, 0.3) is 0 Å². The van der Waals surface area contributed by atoms with Crippen LogP contribution in [0.3, 0.4) is 0 Å². The number of aromatic nitrogens is 4. The Kier molecular flexibility index (Phi) is 3.14. The third-order valence-corrected chi connectivity index (χ3v) is 3.33. The van der Waals surface area contributed by atoms with E-state index in [0.29, 0.717) is 23.3 Å². The summed E-state index contributed by atoms with van der Waals surface area (Å²) in [5.74, 6) is 5.26. The van der Waals surface area contributed by atoms with Crippen LogP contribution in [0.25, 0.3) is 11.0 Å². The number of nitrogens with zero attached hydrogens (tertiary/aromatic N) is 4. The van der Waals surface area contributed by atoms with E-state index in [1.807, 2.05) is 6.92 Å². The molecule has 10 heteroatoms. The van der Waals surface area contributed by atoms with Gasteiger partial charge < -0.3 is 4.90 Å². The van der Waals surface area contributed by atoms with E-state index in [9.17, 15) is 9.59 Å². The van der Waals surface area contributed by atoms with Crippen molar-refractivity contribution in [3.05, 3.63) is 6.20 Å². The minimum atomic E-state index is -0.485. The molecule has 110 valence electrons. The van der Waals surface area contributed by atoms with E-state index in [2.05, 4.69) is 30.9 Å². The Morgan fingerprint density at radius 3 is 3.00 bits per heavy atom. The zero-order valence-electron chi connectivity index (χ0n) is 11.3. The smallest absolute Gasteiger partial charge is 0.249 e. The zero-order valence-corrected chi connectivity index (χ0v) is 11.3. The van der Waals surface area contributed by atoms with Gasteiger partial charge >= 0.3 is 0 Å². The van der Waals surface area contributed by atoms with Crippen molar-refractivity contribution in [1.29, 1.82) is 0 Å². The van der Waals surface area contributed by atoms with Gasteiger partial charge in [0.15, 0.2) is 5.65 Å². The van der Waals surface area contributed by atoms with Crippen LogP contribution in [-0.4, -0.2) is 44.6 Å². The molecule has 10 nitrogen and oxygen atoms in total. The molecule has 0 radical (unpaired) electrons. The third-order valence-electron chi connectivity index (χ3n) is 3.33. The first kappa shape index (κ1) is 13.2. The maximum atomic E-state index is 12.0. The van der Waals surface area contributed by atoms with Crippen molar-refractivity contribution in [2.75, 3.05) is 16.9 Å². The molecule has 0 spiro atoms. The number of nitrogen functional groups attached to an aromatic ring is 1. The molecule has 0 bridgehead atoms. The van der Waals surface area contributed by atoms with Gasteiger partial charge in [-0.3, -0.25) is 25.4 Å². The summed E-state index contributed by atoms with van der Waals surface area (Å²) >= 11 is 0. The lowest BCUT2D eigenvalue weighted by molar-refractivity contribution is -0.132. The number of imide groups is 1. The largest absolute Gasteiger partial charge is 0.334 e. The van der Waals surface area contributed by atoms with E-state index in [-0.39, 0.29) is 24.3 Å². The summed E-state index contributed by atoms with van der Waals surface area (Å²) in [5, 5.41) is 9.58. The first-order valence-corrected chi connectivity index (χ1v) is 6.42. The number of fused-ring (bicyclic) bond motifs is 1. The normalized spacial score (nSPS) is 19.0. The van der Waals surface area contributed by atoms with Gasteiger partial charge in [-0.2, -0.15) is 15.1 Å². The Morgan fingerprint density at radius 2 is 2.29 bits per heavy atom. The van der Waals surface area contributed by atoms with Crippen molar-refractivity contribution in [3.63, 3.8) is 0 Å².